The fourth-order valence-electron chi connectivity index (χ4n) is 2.32. The van der Waals surface area contributed by atoms with Gasteiger partial charge in [-0.05, 0) is 42.0 Å². The van der Waals surface area contributed by atoms with Gasteiger partial charge in [-0.3, -0.25) is 4.79 Å². The number of hydrogen-bond donors (Lipinski definition) is 0. The summed E-state index contributed by atoms with van der Waals surface area (Å²) in [4.78, 5) is 11.1. The van der Waals surface area contributed by atoms with Crippen molar-refractivity contribution in [2.75, 3.05) is 7.05 Å². The average Bonchev–Trinajstić information content (AvgIpc) is 2.85. The Bertz CT molecular complexity index is 979. The maximum atomic E-state index is 12.1. The van der Waals surface area contributed by atoms with E-state index in [1.165, 1.54) is 18.0 Å². The lowest BCUT2D eigenvalue weighted by molar-refractivity contribution is -0.131. The number of fused-ring (bicyclic) bond motifs is 1. The van der Waals surface area contributed by atoms with Crippen molar-refractivity contribution in [1.29, 1.82) is 0 Å². The number of carbonyl (C=O) groups is 1. The van der Waals surface area contributed by atoms with Gasteiger partial charge in [-0.1, -0.05) is 12.1 Å². The molecule has 0 amide bonds. The van der Waals surface area contributed by atoms with Crippen LogP contribution in [0.2, 0.25) is 0 Å². The summed E-state index contributed by atoms with van der Waals surface area (Å²) in [6, 6.07) is 13.4. The topological polar surface area (TPSA) is 88.4 Å². The minimum absolute atomic E-state index is 0.179. The Labute approximate surface area is 145 Å². The minimum atomic E-state index is -3.68. The molecule has 2 aromatic carbocycles. The van der Waals surface area contributed by atoms with Gasteiger partial charge in [0.05, 0.1) is 6.21 Å². The SMILES string of the molecule is CC(=O)Oc1ccc(C=NN(C)C2=NS(=O)(=O)c3ccccc32)cc1. The van der Waals surface area contributed by atoms with Crippen LogP contribution < -0.4 is 4.74 Å². The highest BCUT2D eigenvalue weighted by molar-refractivity contribution is 7.90. The lowest BCUT2D eigenvalue weighted by Crippen LogP contribution is -2.21. The Morgan fingerprint density at radius 2 is 1.84 bits per heavy atom. The summed E-state index contributed by atoms with van der Waals surface area (Å²) in [7, 11) is -2.05. The number of sulfonamides is 1. The molecule has 0 N–H and O–H groups in total. The van der Waals surface area contributed by atoms with Crippen molar-refractivity contribution < 1.29 is 17.9 Å². The number of esters is 1. The standard InChI is InChI=1S/C17H15N3O4S/c1-12(21)24-14-9-7-13(8-10-14)11-18-20(2)17-15-5-3-4-6-16(15)25(22,23)19-17/h3-11H,1-2H3. The first-order valence-electron chi connectivity index (χ1n) is 7.37. The summed E-state index contributed by atoms with van der Waals surface area (Å²) in [5, 5.41) is 5.64. The Morgan fingerprint density at radius 1 is 1.16 bits per heavy atom. The Balaban J connectivity index is 1.80. The second kappa shape index (κ2) is 6.48. The Hall–Kier alpha value is -3.00. The molecule has 0 aliphatic carbocycles. The molecule has 0 fully saturated rings. The molecular formula is C17H15N3O4S. The Kier molecular flexibility index (Phi) is 4.37. The molecule has 0 aromatic heterocycles. The van der Waals surface area contributed by atoms with E-state index >= 15 is 0 Å². The summed E-state index contributed by atoms with van der Waals surface area (Å²) in [5.74, 6) is 0.321. The van der Waals surface area contributed by atoms with Crippen molar-refractivity contribution >= 4 is 28.0 Å². The molecule has 0 radical (unpaired) electrons. The van der Waals surface area contributed by atoms with Crippen LogP contribution >= 0.6 is 0 Å². The molecule has 0 spiro atoms. The van der Waals surface area contributed by atoms with Crippen LogP contribution in [0.3, 0.4) is 0 Å². The van der Waals surface area contributed by atoms with Gasteiger partial charge in [0.2, 0.25) is 0 Å². The van der Waals surface area contributed by atoms with Gasteiger partial charge in [0, 0.05) is 19.5 Å². The fraction of sp³-hybridized carbons (Fsp3) is 0.118. The summed E-state index contributed by atoms with van der Waals surface area (Å²) in [6.07, 6.45) is 1.56. The lowest BCUT2D eigenvalue weighted by atomic mass is 10.2. The molecule has 7 nitrogen and oxygen atoms in total. The van der Waals surface area contributed by atoms with Crippen LogP contribution in [0, 0.1) is 0 Å². The zero-order valence-corrected chi connectivity index (χ0v) is 14.4. The van der Waals surface area contributed by atoms with E-state index in [4.69, 9.17) is 4.74 Å². The number of nitrogens with zero attached hydrogens (tertiary/aromatic N) is 3. The van der Waals surface area contributed by atoms with Crippen LogP contribution in [0.4, 0.5) is 0 Å². The molecule has 0 atom stereocenters. The van der Waals surface area contributed by atoms with Gasteiger partial charge in [-0.2, -0.15) is 13.5 Å². The highest BCUT2D eigenvalue weighted by Crippen LogP contribution is 2.26. The number of ether oxygens (including phenoxy) is 1. The molecule has 0 bridgehead atoms. The first kappa shape index (κ1) is 16.8. The van der Waals surface area contributed by atoms with E-state index in [1.807, 2.05) is 0 Å². The summed E-state index contributed by atoms with van der Waals surface area (Å²) in [5.41, 5.74) is 1.28. The molecule has 1 aliphatic heterocycles. The van der Waals surface area contributed by atoms with Gasteiger partial charge < -0.3 is 4.74 Å². The summed E-state index contributed by atoms with van der Waals surface area (Å²) in [6.45, 7) is 1.33. The molecular weight excluding hydrogens is 342 g/mol. The van der Waals surface area contributed by atoms with Gasteiger partial charge in [-0.15, -0.1) is 4.40 Å². The number of hydrogen-bond acceptors (Lipinski definition) is 6. The van der Waals surface area contributed by atoms with Crippen LogP contribution in [-0.2, 0) is 14.8 Å². The first-order chi connectivity index (χ1) is 11.9. The molecule has 0 saturated heterocycles. The van der Waals surface area contributed by atoms with Crippen molar-refractivity contribution in [3.8, 4) is 5.75 Å². The van der Waals surface area contributed by atoms with E-state index in [1.54, 1.807) is 55.7 Å². The number of hydrazone groups is 1. The molecule has 1 heterocycles. The maximum absolute atomic E-state index is 12.1. The lowest BCUT2D eigenvalue weighted by Gasteiger charge is -2.12. The number of rotatable bonds is 3. The van der Waals surface area contributed by atoms with Crippen molar-refractivity contribution in [3.05, 3.63) is 59.7 Å². The summed E-state index contributed by atoms with van der Waals surface area (Å²) >= 11 is 0. The molecule has 2 aromatic rings. The van der Waals surface area contributed by atoms with Gasteiger partial charge in [0.1, 0.15) is 10.6 Å². The van der Waals surface area contributed by atoms with Crippen molar-refractivity contribution in [3.63, 3.8) is 0 Å². The normalized spacial score (nSPS) is 14.9. The second-order valence-electron chi connectivity index (χ2n) is 5.32. The maximum Gasteiger partial charge on any atom is 0.308 e. The highest BCUT2D eigenvalue weighted by Gasteiger charge is 2.30. The van der Waals surface area contributed by atoms with Crippen LogP contribution in [0.15, 0.2) is 62.9 Å². The van der Waals surface area contributed by atoms with Crippen molar-refractivity contribution in [2.24, 2.45) is 9.50 Å². The zero-order valence-electron chi connectivity index (χ0n) is 13.6. The molecule has 25 heavy (non-hydrogen) atoms. The van der Waals surface area contributed by atoms with Gasteiger partial charge in [0.15, 0.2) is 5.84 Å². The third kappa shape index (κ3) is 3.58. The molecule has 3 rings (SSSR count). The largest absolute Gasteiger partial charge is 0.427 e. The van der Waals surface area contributed by atoms with Crippen LogP contribution in [-0.4, -0.2) is 38.5 Å². The average molecular weight is 357 g/mol. The predicted molar refractivity (Wildman–Crippen MR) is 93.3 cm³/mol. The van der Waals surface area contributed by atoms with Crippen LogP contribution in [0.5, 0.6) is 5.75 Å². The van der Waals surface area contributed by atoms with Crippen LogP contribution in [0.1, 0.15) is 18.1 Å². The summed E-state index contributed by atoms with van der Waals surface area (Å²) < 4.78 is 32.9. The van der Waals surface area contributed by atoms with E-state index < -0.39 is 10.0 Å². The van der Waals surface area contributed by atoms with Crippen molar-refractivity contribution in [1.82, 2.24) is 5.01 Å². The minimum Gasteiger partial charge on any atom is -0.427 e. The van der Waals surface area contributed by atoms with Crippen LogP contribution in [0.25, 0.3) is 0 Å². The Morgan fingerprint density at radius 3 is 2.52 bits per heavy atom. The van der Waals surface area contributed by atoms with Gasteiger partial charge in [0.25, 0.3) is 10.0 Å². The van der Waals surface area contributed by atoms with E-state index in [0.29, 0.717) is 11.3 Å². The van der Waals surface area contributed by atoms with E-state index in [-0.39, 0.29) is 16.7 Å². The third-order valence-electron chi connectivity index (χ3n) is 3.44. The third-order valence-corrected chi connectivity index (χ3v) is 4.77. The predicted octanol–water partition coefficient (Wildman–Crippen LogP) is 2.03. The zero-order chi connectivity index (χ0) is 18.0. The second-order valence-corrected chi connectivity index (χ2v) is 6.89. The fourth-order valence-corrected chi connectivity index (χ4v) is 3.55. The number of carbonyl (C=O) groups excluding carboxylic acids is 1. The molecule has 0 unspecified atom stereocenters. The first-order valence-corrected chi connectivity index (χ1v) is 8.81. The quantitative estimate of drug-likeness (QED) is 0.363. The molecule has 128 valence electrons. The number of benzene rings is 2. The molecule has 0 saturated carbocycles. The molecule has 8 heteroatoms. The van der Waals surface area contributed by atoms with E-state index in [0.717, 1.165) is 5.56 Å². The monoisotopic (exact) mass is 357 g/mol. The van der Waals surface area contributed by atoms with Gasteiger partial charge >= 0.3 is 5.97 Å². The highest BCUT2D eigenvalue weighted by atomic mass is 32.2. The number of amidine groups is 1. The molecule has 1 aliphatic rings. The van der Waals surface area contributed by atoms with Gasteiger partial charge in [-0.25, -0.2) is 5.01 Å². The smallest absolute Gasteiger partial charge is 0.308 e. The van der Waals surface area contributed by atoms with E-state index in [2.05, 4.69) is 9.50 Å². The van der Waals surface area contributed by atoms with E-state index in [9.17, 15) is 13.2 Å². The van der Waals surface area contributed by atoms with Crippen molar-refractivity contribution in [2.45, 2.75) is 11.8 Å².